The molecule has 0 spiro atoms. The van der Waals surface area contributed by atoms with E-state index in [1.807, 2.05) is 6.07 Å². The number of carbonyl (C=O) groups is 1. The lowest BCUT2D eigenvalue weighted by molar-refractivity contribution is 0.0691. The van der Waals surface area contributed by atoms with E-state index in [2.05, 4.69) is 33.6 Å². The molecular weight excluding hydrogens is 382 g/mol. The SMILES string of the molecule is Cn1c(CN2CCCC2)cc2c3c(ccc21)-c1[nH]c(=O)c(C(=O)O)c(O)c1CCC3. The number of benzene rings is 1. The minimum absolute atomic E-state index is 0.406. The van der Waals surface area contributed by atoms with Crippen LogP contribution in [0, 0.1) is 0 Å². The van der Waals surface area contributed by atoms with Gasteiger partial charge in [-0.25, -0.2) is 4.79 Å². The standard InChI is InChI=1S/C23H25N3O4/c1-25-13(12-26-9-2-3-10-26)11-17-14-5-4-6-16-20(15(14)7-8-18(17)25)24-22(28)19(21(16)27)23(29)30/h7-8,11H,2-6,9-10,12H2,1H3,(H,29,30)(H2,24,27,28). The van der Waals surface area contributed by atoms with Gasteiger partial charge in [-0.2, -0.15) is 0 Å². The zero-order valence-corrected chi connectivity index (χ0v) is 17.0. The highest BCUT2D eigenvalue weighted by Gasteiger charge is 2.27. The third-order valence-electron chi connectivity index (χ3n) is 6.65. The maximum Gasteiger partial charge on any atom is 0.345 e. The lowest BCUT2D eigenvalue weighted by atomic mass is 9.97. The summed E-state index contributed by atoms with van der Waals surface area (Å²) in [6.07, 6.45) is 4.60. The summed E-state index contributed by atoms with van der Waals surface area (Å²) in [5, 5.41) is 21.0. The number of rotatable bonds is 3. The number of aromatic amines is 1. The van der Waals surface area contributed by atoms with Crippen molar-refractivity contribution in [2.75, 3.05) is 13.1 Å². The molecule has 3 N–H and O–H groups in total. The summed E-state index contributed by atoms with van der Waals surface area (Å²) in [7, 11) is 2.09. The molecule has 1 aromatic carbocycles. The predicted octanol–water partition coefficient (Wildman–Crippen LogP) is 3.02. The second-order valence-corrected chi connectivity index (χ2v) is 8.39. The first-order valence-corrected chi connectivity index (χ1v) is 10.5. The number of aryl methyl sites for hydroxylation is 2. The van der Waals surface area contributed by atoms with Crippen molar-refractivity contribution in [3.8, 4) is 17.0 Å². The van der Waals surface area contributed by atoms with E-state index in [1.165, 1.54) is 23.9 Å². The fourth-order valence-electron chi connectivity index (χ4n) is 5.09. The number of pyridine rings is 1. The van der Waals surface area contributed by atoms with Crippen LogP contribution in [0.25, 0.3) is 22.2 Å². The molecule has 1 aliphatic heterocycles. The van der Waals surface area contributed by atoms with E-state index in [0.717, 1.165) is 49.1 Å². The van der Waals surface area contributed by atoms with E-state index in [1.54, 1.807) is 0 Å². The number of nitrogens with one attached hydrogen (secondary N) is 1. The molecule has 5 rings (SSSR count). The van der Waals surface area contributed by atoms with Gasteiger partial charge in [0.05, 0.1) is 5.69 Å². The van der Waals surface area contributed by atoms with E-state index in [4.69, 9.17) is 0 Å². The number of hydrogen-bond acceptors (Lipinski definition) is 4. The van der Waals surface area contributed by atoms with Crippen LogP contribution in [0.2, 0.25) is 0 Å². The number of aromatic carboxylic acids is 1. The van der Waals surface area contributed by atoms with Crippen LogP contribution in [0.5, 0.6) is 5.75 Å². The molecule has 7 heteroatoms. The minimum Gasteiger partial charge on any atom is -0.506 e. The van der Waals surface area contributed by atoms with Crippen molar-refractivity contribution >= 4 is 16.9 Å². The third-order valence-corrected chi connectivity index (χ3v) is 6.65. The van der Waals surface area contributed by atoms with Crippen LogP contribution >= 0.6 is 0 Å². The highest BCUT2D eigenvalue weighted by atomic mass is 16.4. The van der Waals surface area contributed by atoms with Crippen molar-refractivity contribution in [1.82, 2.24) is 14.5 Å². The number of nitrogens with zero attached hydrogens (tertiary/aromatic N) is 2. The fourth-order valence-corrected chi connectivity index (χ4v) is 5.09. The van der Waals surface area contributed by atoms with Gasteiger partial charge in [-0.1, -0.05) is 6.07 Å². The van der Waals surface area contributed by atoms with E-state index in [9.17, 15) is 19.8 Å². The Hall–Kier alpha value is -3.06. The zero-order valence-electron chi connectivity index (χ0n) is 17.0. The van der Waals surface area contributed by atoms with Crippen LogP contribution in [-0.2, 0) is 26.4 Å². The topological polar surface area (TPSA) is 98.6 Å². The first kappa shape index (κ1) is 18.9. The van der Waals surface area contributed by atoms with Crippen molar-refractivity contribution in [2.24, 2.45) is 7.05 Å². The molecule has 7 nitrogen and oxygen atoms in total. The zero-order chi connectivity index (χ0) is 21.0. The molecule has 30 heavy (non-hydrogen) atoms. The van der Waals surface area contributed by atoms with Gasteiger partial charge < -0.3 is 19.8 Å². The molecule has 0 radical (unpaired) electrons. The van der Waals surface area contributed by atoms with Crippen LogP contribution in [0.3, 0.4) is 0 Å². The first-order chi connectivity index (χ1) is 14.5. The lowest BCUT2D eigenvalue weighted by Crippen LogP contribution is -2.20. The summed E-state index contributed by atoms with van der Waals surface area (Å²) in [5.41, 5.74) is 4.15. The Morgan fingerprint density at radius 2 is 1.87 bits per heavy atom. The van der Waals surface area contributed by atoms with Gasteiger partial charge in [0.15, 0.2) is 5.56 Å². The molecule has 156 valence electrons. The predicted molar refractivity (Wildman–Crippen MR) is 114 cm³/mol. The Morgan fingerprint density at radius 3 is 2.60 bits per heavy atom. The van der Waals surface area contributed by atoms with Crippen LogP contribution in [0.15, 0.2) is 23.0 Å². The molecule has 3 heterocycles. The quantitative estimate of drug-likeness (QED) is 0.620. The summed E-state index contributed by atoms with van der Waals surface area (Å²) in [5.74, 6) is -1.82. The molecule has 0 atom stereocenters. The Labute approximate surface area is 173 Å². The Balaban J connectivity index is 1.69. The van der Waals surface area contributed by atoms with E-state index in [-0.39, 0.29) is 0 Å². The van der Waals surface area contributed by atoms with Crippen molar-refractivity contribution in [1.29, 1.82) is 0 Å². The van der Waals surface area contributed by atoms with Gasteiger partial charge in [0.25, 0.3) is 5.56 Å². The molecule has 1 saturated heterocycles. The number of aromatic nitrogens is 2. The maximum atomic E-state index is 12.4. The molecule has 1 aliphatic carbocycles. The summed E-state index contributed by atoms with van der Waals surface area (Å²) < 4.78 is 2.24. The number of hydrogen-bond donors (Lipinski definition) is 3. The first-order valence-electron chi connectivity index (χ1n) is 10.5. The van der Waals surface area contributed by atoms with Crippen LogP contribution in [0.1, 0.15) is 46.4 Å². The molecule has 2 aliphatic rings. The number of H-pyrrole nitrogens is 1. The average molecular weight is 407 g/mol. The third kappa shape index (κ3) is 2.84. The molecule has 3 aromatic rings. The average Bonchev–Trinajstić information content (AvgIpc) is 3.27. The van der Waals surface area contributed by atoms with Gasteiger partial charge in [-0.3, -0.25) is 9.69 Å². The van der Waals surface area contributed by atoms with Gasteiger partial charge in [0.2, 0.25) is 0 Å². The van der Waals surface area contributed by atoms with Gasteiger partial charge >= 0.3 is 5.97 Å². The lowest BCUT2D eigenvalue weighted by Gasteiger charge is -2.15. The minimum atomic E-state index is -1.41. The summed E-state index contributed by atoms with van der Waals surface area (Å²) >= 11 is 0. The largest absolute Gasteiger partial charge is 0.506 e. The van der Waals surface area contributed by atoms with Crippen LogP contribution < -0.4 is 5.56 Å². The van der Waals surface area contributed by atoms with Crippen molar-refractivity contribution < 1.29 is 15.0 Å². The molecule has 0 bridgehead atoms. The highest BCUT2D eigenvalue weighted by Crippen LogP contribution is 2.39. The maximum absolute atomic E-state index is 12.4. The Bertz CT molecular complexity index is 1230. The number of fused-ring (bicyclic) bond motifs is 5. The number of carboxylic acid groups (broad SMARTS) is 1. The number of carboxylic acids is 1. The summed E-state index contributed by atoms with van der Waals surface area (Å²) in [6, 6.07) is 6.29. The molecular formula is C23H25N3O4. The molecule has 0 unspecified atom stereocenters. The van der Waals surface area contributed by atoms with Crippen LogP contribution in [-0.4, -0.2) is 43.7 Å². The summed E-state index contributed by atoms with van der Waals surface area (Å²) in [6.45, 7) is 3.20. The van der Waals surface area contributed by atoms with Gasteiger partial charge in [0, 0.05) is 41.3 Å². The second kappa shape index (κ2) is 7.02. The van der Waals surface area contributed by atoms with E-state index >= 15 is 0 Å². The molecule has 0 amide bonds. The fraction of sp³-hybridized carbons (Fsp3) is 0.391. The number of likely N-dealkylation sites (tertiary alicyclic amines) is 1. The van der Waals surface area contributed by atoms with Crippen molar-refractivity contribution in [3.63, 3.8) is 0 Å². The van der Waals surface area contributed by atoms with Gasteiger partial charge in [0.1, 0.15) is 5.75 Å². The van der Waals surface area contributed by atoms with Gasteiger partial charge in [-0.05, 0) is 62.9 Å². The van der Waals surface area contributed by atoms with E-state index in [0.29, 0.717) is 17.7 Å². The highest BCUT2D eigenvalue weighted by molar-refractivity contribution is 5.94. The van der Waals surface area contributed by atoms with Crippen LogP contribution in [0.4, 0.5) is 0 Å². The van der Waals surface area contributed by atoms with Crippen molar-refractivity contribution in [3.05, 3.63) is 50.9 Å². The number of aromatic hydroxyl groups is 1. The Morgan fingerprint density at radius 1 is 1.13 bits per heavy atom. The van der Waals surface area contributed by atoms with E-state index < -0.39 is 22.8 Å². The molecule has 1 fully saturated rings. The second-order valence-electron chi connectivity index (χ2n) is 8.39. The summed E-state index contributed by atoms with van der Waals surface area (Å²) in [4.78, 5) is 29.0. The van der Waals surface area contributed by atoms with Gasteiger partial charge in [-0.15, -0.1) is 0 Å². The molecule has 0 saturated carbocycles. The smallest absolute Gasteiger partial charge is 0.345 e. The Kier molecular flexibility index (Phi) is 4.43. The van der Waals surface area contributed by atoms with Crippen molar-refractivity contribution in [2.45, 2.75) is 38.6 Å². The molecule has 2 aromatic heterocycles. The normalized spacial score (nSPS) is 16.4. The monoisotopic (exact) mass is 407 g/mol.